The maximum absolute atomic E-state index is 12.8. The SMILES string of the molecule is COC(=O)c1cc(-c2ccccc2OCc2ccccc2)ccc1NC(=O)c1ccc(Cl)cc1Cl. The third-order valence-electron chi connectivity index (χ3n) is 5.28. The Labute approximate surface area is 213 Å². The monoisotopic (exact) mass is 505 g/mol. The molecule has 35 heavy (non-hydrogen) atoms. The van der Waals surface area contributed by atoms with Crippen LogP contribution in [0.5, 0.6) is 5.75 Å². The first-order valence-corrected chi connectivity index (χ1v) is 11.5. The first-order valence-electron chi connectivity index (χ1n) is 10.7. The molecule has 0 saturated carbocycles. The standard InChI is InChI=1S/C28H21Cl2NO4/c1-34-28(33)23-15-19(11-14-25(23)31-27(32)22-13-12-20(29)16-24(22)30)21-9-5-6-10-26(21)35-17-18-7-3-2-4-8-18/h2-16H,17H2,1H3,(H,31,32). The van der Waals surface area contributed by atoms with Crippen LogP contribution in [-0.2, 0) is 11.3 Å². The number of hydrogen-bond donors (Lipinski definition) is 1. The highest BCUT2D eigenvalue weighted by molar-refractivity contribution is 6.37. The summed E-state index contributed by atoms with van der Waals surface area (Å²) in [6.45, 7) is 0.401. The molecule has 0 bridgehead atoms. The molecule has 0 aliphatic heterocycles. The van der Waals surface area contributed by atoms with E-state index in [4.69, 9.17) is 32.7 Å². The molecule has 0 saturated heterocycles. The van der Waals surface area contributed by atoms with E-state index in [0.717, 1.165) is 16.7 Å². The molecule has 0 aliphatic rings. The summed E-state index contributed by atoms with van der Waals surface area (Å²) in [5.74, 6) is -0.403. The quantitative estimate of drug-likeness (QED) is 0.268. The van der Waals surface area contributed by atoms with Gasteiger partial charge in [0.1, 0.15) is 12.4 Å². The summed E-state index contributed by atoms with van der Waals surface area (Å²) in [5, 5.41) is 3.36. The van der Waals surface area contributed by atoms with Crippen LogP contribution in [0.2, 0.25) is 10.0 Å². The molecule has 4 aromatic carbocycles. The van der Waals surface area contributed by atoms with E-state index in [9.17, 15) is 9.59 Å². The maximum Gasteiger partial charge on any atom is 0.339 e. The number of halogens is 2. The zero-order valence-corrected chi connectivity index (χ0v) is 20.3. The van der Waals surface area contributed by atoms with Crippen molar-refractivity contribution in [3.63, 3.8) is 0 Å². The molecular weight excluding hydrogens is 485 g/mol. The van der Waals surface area contributed by atoms with Crippen molar-refractivity contribution in [2.75, 3.05) is 12.4 Å². The number of nitrogens with one attached hydrogen (secondary N) is 1. The van der Waals surface area contributed by atoms with Gasteiger partial charge in [-0.2, -0.15) is 0 Å². The van der Waals surface area contributed by atoms with E-state index in [1.54, 1.807) is 24.3 Å². The maximum atomic E-state index is 12.8. The fourth-order valence-electron chi connectivity index (χ4n) is 3.53. The third-order valence-corrected chi connectivity index (χ3v) is 5.83. The largest absolute Gasteiger partial charge is 0.488 e. The molecule has 1 N–H and O–H groups in total. The average molecular weight is 506 g/mol. The lowest BCUT2D eigenvalue weighted by molar-refractivity contribution is 0.0602. The van der Waals surface area contributed by atoms with Crippen molar-refractivity contribution in [2.45, 2.75) is 6.61 Å². The molecule has 4 aromatic rings. The highest BCUT2D eigenvalue weighted by Crippen LogP contribution is 2.33. The van der Waals surface area contributed by atoms with E-state index in [-0.39, 0.29) is 16.1 Å². The van der Waals surface area contributed by atoms with E-state index >= 15 is 0 Å². The molecule has 4 rings (SSSR count). The fourth-order valence-corrected chi connectivity index (χ4v) is 4.02. The number of carbonyl (C=O) groups excluding carboxylic acids is 2. The van der Waals surface area contributed by atoms with Gasteiger partial charge in [-0.3, -0.25) is 4.79 Å². The zero-order valence-electron chi connectivity index (χ0n) is 18.8. The van der Waals surface area contributed by atoms with Gasteiger partial charge in [0.05, 0.1) is 28.9 Å². The summed E-state index contributed by atoms with van der Waals surface area (Å²) in [4.78, 5) is 25.4. The van der Waals surface area contributed by atoms with Gasteiger partial charge in [0.2, 0.25) is 0 Å². The predicted molar refractivity (Wildman–Crippen MR) is 138 cm³/mol. The van der Waals surface area contributed by atoms with E-state index in [1.165, 1.54) is 19.2 Å². The zero-order chi connectivity index (χ0) is 24.8. The van der Waals surface area contributed by atoms with Crippen LogP contribution in [0.1, 0.15) is 26.3 Å². The summed E-state index contributed by atoms with van der Waals surface area (Å²) in [5.41, 5.74) is 3.29. The van der Waals surface area contributed by atoms with Crippen molar-refractivity contribution in [3.8, 4) is 16.9 Å². The number of ether oxygens (including phenoxy) is 2. The van der Waals surface area contributed by atoms with E-state index < -0.39 is 11.9 Å². The smallest absolute Gasteiger partial charge is 0.339 e. The molecule has 0 spiro atoms. The van der Waals surface area contributed by atoms with Gasteiger partial charge in [0, 0.05) is 10.6 Å². The first-order chi connectivity index (χ1) is 17.0. The van der Waals surface area contributed by atoms with Crippen LogP contribution in [0.25, 0.3) is 11.1 Å². The van der Waals surface area contributed by atoms with E-state index in [2.05, 4.69) is 5.32 Å². The number of carbonyl (C=O) groups is 2. The number of anilines is 1. The number of amides is 1. The molecule has 7 heteroatoms. The Bertz CT molecular complexity index is 1370. The van der Waals surface area contributed by atoms with Gasteiger partial charge in [-0.25, -0.2) is 4.79 Å². The van der Waals surface area contributed by atoms with Crippen molar-refractivity contribution >= 4 is 40.8 Å². The summed E-state index contributed by atoms with van der Waals surface area (Å²) < 4.78 is 11.0. The normalized spacial score (nSPS) is 10.5. The second kappa shape index (κ2) is 11.1. The third kappa shape index (κ3) is 5.83. The Kier molecular flexibility index (Phi) is 7.70. The van der Waals surface area contributed by atoms with Crippen molar-refractivity contribution in [3.05, 3.63) is 118 Å². The Morgan fingerprint density at radius 3 is 2.31 bits per heavy atom. The number of para-hydroxylation sites is 1. The fraction of sp³-hybridized carbons (Fsp3) is 0.0714. The van der Waals surface area contributed by atoms with Crippen LogP contribution >= 0.6 is 23.2 Å². The van der Waals surface area contributed by atoms with Crippen LogP contribution in [0.4, 0.5) is 5.69 Å². The first kappa shape index (κ1) is 24.3. The van der Waals surface area contributed by atoms with Gasteiger partial charge in [-0.15, -0.1) is 0 Å². The van der Waals surface area contributed by atoms with E-state index in [1.807, 2.05) is 54.6 Å². The van der Waals surface area contributed by atoms with Crippen molar-refractivity contribution in [2.24, 2.45) is 0 Å². The number of benzene rings is 4. The average Bonchev–Trinajstić information content (AvgIpc) is 2.88. The van der Waals surface area contributed by atoms with Gasteiger partial charge in [-0.1, -0.05) is 77.8 Å². The number of methoxy groups -OCH3 is 1. The van der Waals surface area contributed by atoms with Crippen LogP contribution in [0, 0.1) is 0 Å². The topological polar surface area (TPSA) is 64.6 Å². The molecule has 0 aliphatic carbocycles. The Hall–Kier alpha value is -3.80. The molecule has 0 fully saturated rings. The Balaban J connectivity index is 1.64. The second-order valence-electron chi connectivity index (χ2n) is 7.60. The molecule has 0 atom stereocenters. The Morgan fingerprint density at radius 2 is 1.57 bits per heavy atom. The Morgan fingerprint density at radius 1 is 0.829 bits per heavy atom. The lowest BCUT2D eigenvalue weighted by Gasteiger charge is -2.15. The van der Waals surface area contributed by atoms with Gasteiger partial charge >= 0.3 is 5.97 Å². The molecule has 0 heterocycles. The molecule has 5 nitrogen and oxygen atoms in total. The summed E-state index contributed by atoms with van der Waals surface area (Å²) >= 11 is 12.1. The highest BCUT2D eigenvalue weighted by Gasteiger charge is 2.19. The number of hydrogen-bond acceptors (Lipinski definition) is 4. The number of esters is 1. The minimum Gasteiger partial charge on any atom is -0.488 e. The molecular formula is C28H21Cl2NO4. The molecule has 176 valence electrons. The summed E-state index contributed by atoms with van der Waals surface area (Å²) in [6.07, 6.45) is 0. The molecule has 0 radical (unpaired) electrons. The molecule has 1 amide bonds. The van der Waals surface area contributed by atoms with Crippen LogP contribution < -0.4 is 10.1 Å². The summed E-state index contributed by atoms with van der Waals surface area (Å²) in [6, 6.07) is 27.1. The predicted octanol–water partition coefficient (Wildman–Crippen LogP) is 7.28. The van der Waals surface area contributed by atoms with Crippen LogP contribution in [0.3, 0.4) is 0 Å². The van der Waals surface area contributed by atoms with Crippen molar-refractivity contribution in [1.29, 1.82) is 0 Å². The van der Waals surface area contributed by atoms with Crippen molar-refractivity contribution < 1.29 is 19.1 Å². The van der Waals surface area contributed by atoms with Gasteiger partial charge in [0.15, 0.2) is 0 Å². The summed E-state index contributed by atoms with van der Waals surface area (Å²) in [7, 11) is 1.29. The highest BCUT2D eigenvalue weighted by atomic mass is 35.5. The minimum atomic E-state index is -0.591. The lowest BCUT2D eigenvalue weighted by Crippen LogP contribution is -2.16. The van der Waals surface area contributed by atoms with Crippen LogP contribution in [-0.4, -0.2) is 19.0 Å². The molecule has 0 aromatic heterocycles. The van der Waals surface area contributed by atoms with E-state index in [0.29, 0.717) is 23.1 Å². The lowest BCUT2D eigenvalue weighted by atomic mass is 10.0. The number of rotatable bonds is 7. The van der Waals surface area contributed by atoms with Crippen molar-refractivity contribution in [1.82, 2.24) is 0 Å². The van der Waals surface area contributed by atoms with Crippen LogP contribution in [0.15, 0.2) is 91.0 Å². The second-order valence-corrected chi connectivity index (χ2v) is 8.44. The van der Waals surface area contributed by atoms with Gasteiger partial charge in [-0.05, 0) is 47.5 Å². The molecule has 0 unspecified atom stereocenters. The minimum absolute atomic E-state index is 0.196. The van der Waals surface area contributed by atoms with Gasteiger partial charge < -0.3 is 14.8 Å². The van der Waals surface area contributed by atoms with Gasteiger partial charge in [0.25, 0.3) is 5.91 Å².